The molecular formula is C13H18N2O6. The lowest BCUT2D eigenvalue weighted by Crippen LogP contribution is -2.32. The molecule has 0 atom stereocenters. The monoisotopic (exact) mass is 298 g/mol. The van der Waals surface area contributed by atoms with Crippen LogP contribution in [0.1, 0.15) is 0 Å². The molecule has 1 rings (SSSR count). The summed E-state index contributed by atoms with van der Waals surface area (Å²) in [6.07, 6.45) is 0. The number of carboxylic acids is 1. The Morgan fingerprint density at radius 2 is 2.00 bits per heavy atom. The van der Waals surface area contributed by atoms with Gasteiger partial charge in [0.2, 0.25) is 0 Å². The van der Waals surface area contributed by atoms with Gasteiger partial charge in [-0.25, -0.2) is 9.59 Å². The van der Waals surface area contributed by atoms with E-state index >= 15 is 0 Å². The van der Waals surface area contributed by atoms with Gasteiger partial charge in [-0.2, -0.15) is 0 Å². The topological polar surface area (TPSA) is 106 Å². The summed E-state index contributed by atoms with van der Waals surface area (Å²) in [5, 5.41) is 13.5. The van der Waals surface area contributed by atoms with Gasteiger partial charge in [0, 0.05) is 12.6 Å². The number of methoxy groups -OCH3 is 2. The summed E-state index contributed by atoms with van der Waals surface area (Å²) in [4.78, 5) is 21.9. The van der Waals surface area contributed by atoms with Crippen LogP contribution in [0.3, 0.4) is 0 Å². The second-order valence-electron chi connectivity index (χ2n) is 3.89. The highest BCUT2D eigenvalue weighted by molar-refractivity contribution is 5.91. The molecule has 3 N–H and O–H groups in total. The number of benzene rings is 1. The molecule has 0 aliphatic carbocycles. The molecule has 0 heterocycles. The van der Waals surface area contributed by atoms with E-state index < -0.39 is 18.6 Å². The van der Waals surface area contributed by atoms with Gasteiger partial charge in [0.1, 0.15) is 18.1 Å². The van der Waals surface area contributed by atoms with Crippen LogP contribution >= 0.6 is 0 Å². The Bertz CT molecular complexity index is 492. The van der Waals surface area contributed by atoms with Crippen molar-refractivity contribution in [2.24, 2.45) is 0 Å². The van der Waals surface area contributed by atoms with Gasteiger partial charge in [-0.1, -0.05) is 0 Å². The number of ether oxygens (including phenoxy) is 3. The number of carbonyl (C=O) groups excluding carboxylic acids is 1. The van der Waals surface area contributed by atoms with E-state index in [0.29, 0.717) is 17.2 Å². The first kappa shape index (κ1) is 16.6. The highest BCUT2D eigenvalue weighted by atomic mass is 16.5. The molecule has 116 valence electrons. The first-order chi connectivity index (χ1) is 10.1. The molecule has 1 aromatic carbocycles. The fourth-order valence-electron chi connectivity index (χ4n) is 1.47. The van der Waals surface area contributed by atoms with Crippen molar-refractivity contribution >= 4 is 17.7 Å². The maximum Gasteiger partial charge on any atom is 0.329 e. The third kappa shape index (κ3) is 6.00. The Morgan fingerprint density at radius 3 is 2.62 bits per heavy atom. The molecule has 8 nitrogen and oxygen atoms in total. The number of rotatable bonds is 8. The number of anilines is 1. The molecule has 0 radical (unpaired) electrons. The van der Waals surface area contributed by atoms with Crippen LogP contribution in [0.2, 0.25) is 0 Å². The summed E-state index contributed by atoms with van der Waals surface area (Å²) in [6.45, 7) is -0.104. The molecule has 0 aromatic heterocycles. The van der Waals surface area contributed by atoms with Crippen LogP contribution in [-0.4, -0.2) is 51.1 Å². The number of aliphatic carboxylic acids is 1. The zero-order chi connectivity index (χ0) is 15.7. The number of amides is 2. The highest BCUT2D eigenvalue weighted by Gasteiger charge is 2.08. The lowest BCUT2D eigenvalue weighted by atomic mass is 10.2. The lowest BCUT2D eigenvalue weighted by molar-refractivity contribution is -0.142. The van der Waals surface area contributed by atoms with E-state index in [4.69, 9.17) is 19.3 Å². The standard InChI is InChI=1S/C13H18N2O6/c1-19-9-3-4-11(20-2)10(7-9)15-13(18)14-5-6-21-8-12(16)17/h3-4,7H,5-6,8H2,1-2H3,(H,16,17)(H2,14,15,18). The van der Waals surface area contributed by atoms with Crippen LogP contribution in [0.5, 0.6) is 11.5 Å². The Morgan fingerprint density at radius 1 is 1.24 bits per heavy atom. The molecule has 0 spiro atoms. The smallest absolute Gasteiger partial charge is 0.329 e. The van der Waals surface area contributed by atoms with Crippen LogP contribution < -0.4 is 20.1 Å². The van der Waals surface area contributed by atoms with Gasteiger partial charge in [-0.3, -0.25) is 0 Å². The maximum absolute atomic E-state index is 11.7. The molecule has 0 saturated heterocycles. The second-order valence-corrected chi connectivity index (χ2v) is 3.89. The minimum atomic E-state index is -1.06. The minimum absolute atomic E-state index is 0.106. The Balaban J connectivity index is 2.45. The molecule has 0 aliphatic rings. The zero-order valence-corrected chi connectivity index (χ0v) is 11.8. The van der Waals surface area contributed by atoms with Crippen molar-refractivity contribution in [3.05, 3.63) is 18.2 Å². The third-order valence-corrected chi connectivity index (χ3v) is 2.41. The zero-order valence-electron chi connectivity index (χ0n) is 11.8. The number of carboxylic acid groups (broad SMARTS) is 1. The van der Waals surface area contributed by atoms with Crippen LogP contribution in [0.4, 0.5) is 10.5 Å². The average molecular weight is 298 g/mol. The van der Waals surface area contributed by atoms with Gasteiger partial charge in [-0.05, 0) is 12.1 Å². The van der Waals surface area contributed by atoms with Gasteiger partial charge in [0.25, 0.3) is 0 Å². The average Bonchev–Trinajstić information content (AvgIpc) is 2.46. The largest absolute Gasteiger partial charge is 0.497 e. The number of carbonyl (C=O) groups is 2. The first-order valence-corrected chi connectivity index (χ1v) is 6.13. The maximum atomic E-state index is 11.7. The molecular weight excluding hydrogens is 280 g/mol. The number of hydrogen-bond donors (Lipinski definition) is 3. The molecule has 8 heteroatoms. The number of urea groups is 1. The molecule has 0 saturated carbocycles. The normalized spacial score (nSPS) is 9.81. The summed E-state index contributed by atoms with van der Waals surface area (Å²) >= 11 is 0. The quantitative estimate of drug-likeness (QED) is 0.616. The van der Waals surface area contributed by atoms with Gasteiger partial charge in [0.05, 0.1) is 26.5 Å². The molecule has 1 aromatic rings. The molecule has 21 heavy (non-hydrogen) atoms. The van der Waals surface area contributed by atoms with Crippen molar-refractivity contribution in [3.8, 4) is 11.5 Å². The fourth-order valence-corrected chi connectivity index (χ4v) is 1.47. The van der Waals surface area contributed by atoms with E-state index in [2.05, 4.69) is 10.6 Å². The van der Waals surface area contributed by atoms with E-state index in [9.17, 15) is 9.59 Å². The van der Waals surface area contributed by atoms with Gasteiger partial charge >= 0.3 is 12.0 Å². The van der Waals surface area contributed by atoms with Gasteiger partial charge in [0.15, 0.2) is 0 Å². The first-order valence-electron chi connectivity index (χ1n) is 6.13. The summed E-state index contributed by atoms with van der Waals surface area (Å²) in [7, 11) is 3.01. The van der Waals surface area contributed by atoms with Crippen molar-refractivity contribution in [2.45, 2.75) is 0 Å². The van der Waals surface area contributed by atoms with E-state index in [-0.39, 0.29) is 13.2 Å². The highest BCUT2D eigenvalue weighted by Crippen LogP contribution is 2.28. The van der Waals surface area contributed by atoms with Gasteiger partial charge in [-0.15, -0.1) is 0 Å². The minimum Gasteiger partial charge on any atom is -0.497 e. The van der Waals surface area contributed by atoms with Crippen LogP contribution in [-0.2, 0) is 9.53 Å². The second kappa shape index (κ2) is 8.64. The van der Waals surface area contributed by atoms with E-state index in [1.807, 2.05) is 0 Å². The lowest BCUT2D eigenvalue weighted by Gasteiger charge is -2.12. The molecule has 0 bridgehead atoms. The molecule has 0 fully saturated rings. The van der Waals surface area contributed by atoms with Crippen molar-refractivity contribution in [1.82, 2.24) is 5.32 Å². The SMILES string of the molecule is COc1ccc(OC)c(NC(=O)NCCOCC(=O)O)c1. The number of nitrogens with one attached hydrogen (secondary N) is 2. The fraction of sp³-hybridized carbons (Fsp3) is 0.385. The summed E-state index contributed by atoms with van der Waals surface area (Å²) in [5.41, 5.74) is 0.459. The van der Waals surface area contributed by atoms with Crippen molar-refractivity contribution < 1.29 is 28.9 Å². The van der Waals surface area contributed by atoms with E-state index in [1.54, 1.807) is 18.2 Å². The third-order valence-electron chi connectivity index (χ3n) is 2.41. The van der Waals surface area contributed by atoms with Gasteiger partial charge < -0.3 is 30.0 Å². The summed E-state index contributed by atoms with van der Waals surface area (Å²) in [5.74, 6) is 0.0181. The predicted molar refractivity (Wildman–Crippen MR) is 75.0 cm³/mol. The van der Waals surface area contributed by atoms with Crippen molar-refractivity contribution in [2.75, 3.05) is 39.3 Å². The van der Waals surface area contributed by atoms with E-state index in [0.717, 1.165) is 0 Å². The Kier molecular flexibility index (Phi) is 6.82. The summed E-state index contributed by atoms with van der Waals surface area (Å²) < 4.78 is 15.0. The Labute approximate surface area is 122 Å². The van der Waals surface area contributed by atoms with Crippen LogP contribution in [0.25, 0.3) is 0 Å². The van der Waals surface area contributed by atoms with E-state index in [1.165, 1.54) is 14.2 Å². The Hall–Kier alpha value is -2.48. The van der Waals surface area contributed by atoms with Crippen LogP contribution in [0.15, 0.2) is 18.2 Å². The predicted octanol–water partition coefficient (Wildman–Crippen LogP) is 0.926. The van der Waals surface area contributed by atoms with Crippen LogP contribution in [0, 0.1) is 0 Å². The molecule has 0 aliphatic heterocycles. The molecule has 0 unspecified atom stereocenters. The number of hydrogen-bond acceptors (Lipinski definition) is 5. The summed E-state index contributed by atoms with van der Waals surface area (Å²) in [6, 6.07) is 4.55. The van der Waals surface area contributed by atoms with Crippen molar-refractivity contribution in [3.63, 3.8) is 0 Å². The molecule has 2 amide bonds. The van der Waals surface area contributed by atoms with Crippen molar-refractivity contribution in [1.29, 1.82) is 0 Å².